The summed E-state index contributed by atoms with van der Waals surface area (Å²) in [4.78, 5) is 0. The van der Waals surface area contributed by atoms with Crippen LogP contribution in [0.15, 0.2) is 5.10 Å². The summed E-state index contributed by atoms with van der Waals surface area (Å²) in [5.41, 5.74) is 2.36. The van der Waals surface area contributed by atoms with E-state index in [2.05, 4.69) is 10.5 Å². The number of hydrogen-bond donors (Lipinski definition) is 1. The van der Waals surface area contributed by atoms with Crippen molar-refractivity contribution < 1.29 is 8.78 Å². The van der Waals surface area contributed by atoms with Crippen molar-refractivity contribution in [2.75, 3.05) is 7.05 Å². The van der Waals surface area contributed by atoms with Gasteiger partial charge in [-0.05, 0) is 0 Å². The topological polar surface area (TPSA) is 24.4 Å². The average Bonchev–Trinajstić information content (AvgIpc) is 1.66. The van der Waals surface area contributed by atoms with Gasteiger partial charge in [-0.2, -0.15) is 5.10 Å². The maximum absolute atomic E-state index is 11.2. The zero-order valence-electron chi connectivity index (χ0n) is 4.56. The first-order valence-corrected chi connectivity index (χ1v) is 2.23. The van der Waals surface area contributed by atoms with Crippen LogP contribution in [0.5, 0.6) is 0 Å². The number of nitrogens with zero attached hydrogens (tertiary/aromatic N) is 1. The van der Waals surface area contributed by atoms with Crippen LogP contribution in [-0.4, -0.2) is 19.7 Å². The summed E-state index contributed by atoms with van der Waals surface area (Å²) in [6, 6.07) is 0. The molecule has 4 heteroatoms. The minimum absolute atomic E-state index is 0.277. The molecule has 0 aliphatic rings. The van der Waals surface area contributed by atoms with Crippen LogP contribution in [-0.2, 0) is 0 Å². The fourth-order valence-corrected chi connectivity index (χ4v) is 0.224. The average molecular weight is 122 g/mol. The summed E-state index contributed by atoms with van der Waals surface area (Å²) in [6.45, 7) is 0. The number of hydrogen-bond acceptors (Lipinski definition) is 2. The molecule has 0 fully saturated rings. The van der Waals surface area contributed by atoms with Crippen molar-refractivity contribution in [3.63, 3.8) is 0 Å². The Morgan fingerprint density at radius 3 is 2.75 bits per heavy atom. The van der Waals surface area contributed by atoms with Crippen molar-refractivity contribution >= 4 is 6.21 Å². The molecule has 0 saturated carbocycles. The Bertz CT molecular complexity index is 72.4. The Morgan fingerprint density at radius 1 is 1.75 bits per heavy atom. The Kier molecular flexibility index (Phi) is 4.11. The van der Waals surface area contributed by atoms with Gasteiger partial charge in [0.05, 0.1) is 0 Å². The molecule has 0 amide bonds. The highest BCUT2D eigenvalue weighted by atomic mass is 19.3. The smallest absolute Gasteiger partial charge is 0.243 e. The molecule has 0 bridgehead atoms. The highest BCUT2D eigenvalue weighted by Crippen LogP contribution is 1.93. The SMILES string of the molecule is CN/N=C/CC(F)F. The predicted octanol–water partition coefficient (Wildman–Crippen LogP) is 0.847. The third-order valence-corrected chi connectivity index (χ3v) is 0.504. The van der Waals surface area contributed by atoms with Gasteiger partial charge in [-0.3, -0.25) is 0 Å². The van der Waals surface area contributed by atoms with Crippen LogP contribution in [0.4, 0.5) is 8.78 Å². The van der Waals surface area contributed by atoms with E-state index in [-0.39, 0.29) is 6.42 Å². The molecule has 0 aliphatic heterocycles. The van der Waals surface area contributed by atoms with E-state index in [1.54, 1.807) is 7.05 Å². The zero-order chi connectivity index (χ0) is 6.41. The fraction of sp³-hybridized carbons (Fsp3) is 0.750. The molecule has 0 heterocycles. The largest absolute Gasteiger partial charge is 0.313 e. The molecular formula is C4H8F2N2. The van der Waals surface area contributed by atoms with E-state index in [4.69, 9.17) is 0 Å². The van der Waals surface area contributed by atoms with Crippen molar-refractivity contribution in [2.45, 2.75) is 12.8 Å². The lowest BCUT2D eigenvalue weighted by atomic mass is 10.5. The highest BCUT2D eigenvalue weighted by molar-refractivity contribution is 5.56. The summed E-state index contributed by atoms with van der Waals surface area (Å²) in [7, 11) is 1.56. The Balaban J connectivity index is 3.03. The summed E-state index contributed by atoms with van der Waals surface area (Å²) < 4.78 is 22.5. The summed E-state index contributed by atoms with van der Waals surface area (Å²) in [5, 5.41) is 3.36. The first kappa shape index (κ1) is 7.33. The lowest BCUT2D eigenvalue weighted by molar-refractivity contribution is 0.158. The van der Waals surface area contributed by atoms with Gasteiger partial charge in [-0.25, -0.2) is 8.78 Å². The third kappa shape index (κ3) is 5.33. The van der Waals surface area contributed by atoms with Crippen LogP contribution < -0.4 is 5.43 Å². The van der Waals surface area contributed by atoms with E-state index in [9.17, 15) is 8.78 Å². The molecule has 0 rings (SSSR count). The first-order valence-electron chi connectivity index (χ1n) is 2.23. The van der Waals surface area contributed by atoms with Gasteiger partial charge in [0.2, 0.25) is 6.43 Å². The van der Waals surface area contributed by atoms with Gasteiger partial charge < -0.3 is 5.43 Å². The van der Waals surface area contributed by atoms with E-state index >= 15 is 0 Å². The standard InChI is InChI=1S/C4H8F2N2/c1-7-8-3-2-4(5)6/h3-4,7H,2H2,1H3/b8-3+. The van der Waals surface area contributed by atoms with Gasteiger partial charge in [0.15, 0.2) is 0 Å². The lowest BCUT2D eigenvalue weighted by Crippen LogP contribution is -1.97. The highest BCUT2D eigenvalue weighted by Gasteiger charge is 1.95. The van der Waals surface area contributed by atoms with E-state index in [0.29, 0.717) is 0 Å². The molecule has 0 aliphatic carbocycles. The molecule has 2 nitrogen and oxygen atoms in total. The second-order valence-electron chi connectivity index (χ2n) is 1.16. The quantitative estimate of drug-likeness (QED) is 0.435. The minimum Gasteiger partial charge on any atom is -0.313 e. The minimum atomic E-state index is -2.29. The van der Waals surface area contributed by atoms with Crippen LogP contribution in [0.25, 0.3) is 0 Å². The molecule has 0 radical (unpaired) electrons. The van der Waals surface area contributed by atoms with E-state index in [1.165, 1.54) is 0 Å². The number of rotatable bonds is 3. The van der Waals surface area contributed by atoms with Gasteiger partial charge >= 0.3 is 0 Å². The van der Waals surface area contributed by atoms with Crippen LogP contribution in [0.1, 0.15) is 6.42 Å². The van der Waals surface area contributed by atoms with Crippen molar-refractivity contribution in [3.8, 4) is 0 Å². The van der Waals surface area contributed by atoms with Crippen molar-refractivity contribution in [1.29, 1.82) is 0 Å². The normalized spacial score (nSPS) is 11.0. The predicted molar refractivity (Wildman–Crippen MR) is 28.2 cm³/mol. The van der Waals surface area contributed by atoms with Crippen LogP contribution >= 0.6 is 0 Å². The molecule has 0 aromatic carbocycles. The second-order valence-corrected chi connectivity index (χ2v) is 1.16. The van der Waals surface area contributed by atoms with Gasteiger partial charge in [0.1, 0.15) is 0 Å². The van der Waals surface area contributed by atoms with Crippen molar-refractivity contribution in [2.24, 2.45) is 5.10 Å². The maximum atomic E-state index is 11.2. The lowest BCUT2D eigenvalue weighted by Gasteiger charge is -1.87. The van der Waals surface area contributed by atoms with Crippen molar-refractivity contribution in [1.82, 2.24) is 5.43 Å². The Hall–Kier alpha value is -0.670. The van der Waals surface area contributed by atoms with E-state index < -0.39 is 6.43 Å². The Labute approximate surface area is 46.6 Å². The third-order valence-electron chi connectivity index (χ3n) is 0.504. The van der Waals surface area contributed by atoms with Gasteiger partial charge in [-0.1, -0.05) is 0 Å². The molecule has 0 atom stereocenters. The monoisotopic (exact) mass is 122 g/mol. The number of halogens is 2. The fourth-order valence-electron chi connectivity index (χ4n) is 0.224. The molecule has 48 valence electrons. The Morgan fingerprint density at radius 2 is 2.38 bits per heavy atom. The molecule has 0 saturated heterocycles. The second kappa shape index (κ2) is 4.49. The summed E-state index contributed by atoms with van der Waals surface area (Å²) in [6.07, 6.45) is -1.42. The van der Waals surface area contributed by atoms with Crippen LogP contribution in [0, 0.1) is 0 Å². The van der Waals surface area contributed by atoms with E-state index in [1.807, 2.05) is 0 Å². The van der Waals surface area contributed by atoms with Crippen LogP contribution in [0.2, 0.25) is 0 Å². The summed E-state index contributed by atoms with van der Waals surface area (Å²) >= 11 is 0. The molecule has 0 spiro atoms. The van der Waals surface area contributed by atoms with Gasteiger partial charge in [-0.15, -0.1) is 0 Å². The van der Waals surface area contributed by atoms with Crippen molar-refractivity contribution in [3.05, 3.63) is 0 Å². The first-order chi connectivity index (χ1) is 3.77. The molecular weight excluding hydrogens is 114 g/mol. The van der Waals surface area contributed by atoms with Gasteiger partial charge in [0, 0.05) is 19.7 Å². The maximum Gasteiger partial charge on any atom is 0.243 e. The molecule has 8 heavy (non-hydrogen) atoms. The van der Waals surface area contributed by atoms with Gasteiger partial charge in [0.25, 0.3) is 0 Å². The number of alkyl halides is 2. The zero-order valence-corrected chi connectivity index (χ0v) is 4.56. The molecule has 0 aromatic heterocycles. The van der Waals surface area contributed by atoms with Crippen LogP contribution in [0.3, 0.4) is 0 Å². The van der Waals surface area contributed by atoms with E-state index in [0.717, 1.165) is 6.21 Å². The summed E-state index contributed by atoms with van der Waals surface area (Å²) in [5.74, 6) is 0. The number of hydrazone groups is 1. The number of nitrogens with one attached hydrogen (secondary N) is 1. The molecule has 1 N–H and O–H groups in total. The molecule has 0 aromatic rings. The molecule has 0 unspecified atom stereocenters.